The third-order valence-electron chi connectivity index (χ3n) is 4.77. The van der Waals surface area contributed by atoms with Gasteiger partial charge in [-0.3, -0.25) is 4.79 Å². The van der Waals surface area contributed by atoms with E-state index in [1.165, 1.54) is 0 Å². The largest absolute Gasteiger partial charge is 0.495 e. The molecule has 0 bridgehead atoms. The number of halogens is 1. The van der Waals surface area contributed by atoms with Crippen LogP contribution in [0.15, 0.2) is 47.0 Å². The number of amides is 1. The van der Waals surface area contributed by atoms with Gasteiger partial charge in [-0.2, -0.15) is 4.98 Å². The van der Waals surface area contributed by atoms with Crippen LogP contribution in [-0.4, -0.2) is 36.3 Å². The second-order valence-electron chi connectivity index (χ2n) is 6.64. The first kappa shape index (κ1) is 19.3. The van der Waals surface area contributed by atoms with Crippen LogP contribution in [-0.2, 0) is 4.79 Å². The van der Waals surface area contributed by atoms with Crippen molar-refractivity contribution in [3.05, 3.63) is 53.4 Å². The van der Waals surface area contributed by atoms with Gasteiger partial charge >= 0.3 is 0 Å². The Morgan fingerprint density at radius 3 is 2.76 bits per heavy atom. The van der Waals surface area contributed by atoms with Crippen LogP contribution in [0.25, 0.3) is 11.4 Å². The van der Waals surface area contributed by atoms with Crippen molar-refractivity contribution in [2.75, 3.05) is 25.2 Å². The second kappa shape index (κ2) is 8.13. The first-order valence-corrected chi connectivity index (χ1v) is 9.67. The maximum atomic E-state index is 12.6. The molecule has 1 aliphatic heterocycles. The van der Waals surface area contributed by atoms with Gasteiger partial charge in [0.1, 0.15) is 11.5 Å². The summed E-state index contributed by atoms with van der Waals surface area (Å²) in [7, 11) is 1.56. The fourth-order valence-corrected chi connectivity index (χ4v) is 3.53. The molecule has 2 aromatic carbocycles. The van der Waals surface area contributed by atoms with Gasteiger partial charge in [-0.05, 0) is 49.4 Å². The summed E-state index contributed by atoms with van der Waals surface area (Å²) < 4.78 is 16.3. The fourth-order valence-electron chi connectivity index (χ4n) is 3.37. The molecule has 0 N–H and O–H groups in total. The SMILES string of the molecule is CCOc1ccc(-c2noc([C@H]3CC(=O)N(c4cc(Cl)ccc4OC)C3)n2)cc1. The summed E-state index contributed by atoms with van der Waals surface area (Å²) in [4.78, 5) is 18.8. The van der Waals surface area contributed by atoms with Gasteiger partial charge in [0.2, 0.25) is 17.6 Å². The molecule has 1 aromatic heterocycles. The van der Waals surface area contributed by atoms with Gasteiger partial charge in [-0.15, -0.1) is 0 Å². The molecule has 8 heteroatoms. The highest BCUT2D eigenvalue weighted by atomic mass is 35.5. The van der Waals surface area contributed by atoms with E-state index in [1.807, 2.05) is 31.2 Å². The molecular formula is C21H20ClN3O4. The zero-order valence-corrected chi connectivity index (χ0v) is 16.8. The zero-order chi connectivity index (χ0) is 20.4. The van der Waals surface area contributed by atoms with Gasteiger partial charge < -0.3 is 18.9 Å². The number of ether oxygens (including phenoxy) is 2. The van der Waals surface area contributed by atoms with E-state index in [0.717, 1.165) is 11.3 Å². The van der Waals surface area contributed by atoms with E-state index in [4.69, 9.17) is 25.6 Å². The van der Waals surface area contributed by atoms with Crippen LogP contribution in [0, 0.1) is 0 Å². The van der Waals surface area contributed by atoms with Gasteiger partial charge in [-0.1, -0.05) is 16.8 Å². The minimum Gasteiger partial charge on any atom is -0.495 e. The number of carbonyl (C=O) groups is 1. The summed E-state index contributed by atoms with van der Waals surface area (Å²) in [5, 5.41) is 4.61. The molecule has 0 aliphatic carbocycles. The molecule has 0 saturated carbocycles. The van der Waals surface area contributed by atoms with Gasteiger partial charge in [0.15, 0.2) is 0 Å². The third kappa shape index (κ3) is 3.91. The molecule has 0 radical (unpaired) electrons. The Morgan fingerprint density at radius 1 is 1.24 bits per heavy atom. The van der Waals surface area contributed by atoms with E-state index in [0.29, 0.717) is 41.3 Å². The van der Waals surface area contributed by atoms with E-state index in [-0.39, 0.29) is 18.2 Å². The number of hydrogen-bond acceptors (Lipinski definition) is 6. The number of benzene rings is 2. The van der Waals surface area contributed by atoms with Crippen molar-refractivity contribution in [3.8, 4) is 22.9 Å². The lowest BCUT2D eigenvalue weighted by molar-refractivity contribution is -0.117. The van der Waals surface area contributed by atoms with E-state index in [1.54, 1.807) is 30.2 Å². The van der Waals surface area contributed by atoms with Crippen molar-refractivity contribution < 1.29 is 18.8 Å². The monoisotopic (exact) mass is 413 g/mol. The topological polar surface area (TPSA) is 77.7 Å². The Kier molecular flexibility index (Phi) is 5.40. The fraction of sp³-hybridized carbons (Fsp3) is 0.286. The predicted octanol–water partition coefficient (Wildman–Crippen LogP) is 4.32. The summed E-state index contributed by atoms with van der Waals surface area (Å²) >= 11 is 6.11. The van der Waals surface area contributed by atoms with Crippen molar-refractivity contribution in [2.45, 2.75) is 19.3 Å². The summed E-state index contributed by atoms with van der Waals surface area (Å²) in [6.45, 7) is 2.96. The van der Waals surface area contributed by atoms with Crippen LogP contribution in [0.5, 0.6) is 11.5 Å². The molecule has 150 valence electrons. The average molecular weight is 414 g/mol. The molecule has 3 aromatic rings. The number of anilines is 1. The molecule has 1 saturated heterocycles. The molecule has 7 nitrogen and oxygen atoms in total. The van der Waals surface area contributed by atoms with Crippen LogP contribution < -0.4 is 14.4 Å². The lowest BCUT2D eigenvalue weighted by Crippen LogP contribution is -2.24. The molecule has 1 aliphatic rings. The van der Waals surface area contributed by atoms with Crippen molar-refractivity contribution in [1.82, 2.24) is 10.1 Å². The summed E-state index contributed by atoms with van der Waals surface area (Å²) in [6, 6.07) is 12.7. The number of hydrogen-bond donors (Lipinski definition) is 0. The van der Waals surface area contributed by atoms with Crippen LogP contribution >= 0.6 is 11.6 Å². The van der Waals surface area contributed by atoms with E-state index in [2.05, 4.69) is 10.1 Å². The van der Waals surface area contributed by atoms with Crippen LogP contribution in [0.4, 0.5) is 5.69 Å². The minimum absolute atomic E-state index is 0.0450. The van der Waals surface area contributed by atoms with Crippen LogP contribution in [0.2, 0.25) is 5.02 Å². The molecule has 1 amide bonds. The van der Waals surface area contributed by atoms with Crippen LogP contribution in [0.3, 0.4) is 0 Å². The van der Waals surface area contributed by atoms with Gasteiger partial charge in [0.05, 0.1) is 25.3 Å². The average Bonchev–Trinajstić information content (AvgIpc) is 3.36. The highest BCUT2D eigenvalue weighted by Crippen LogP contribution is 2.38. The Balaban J connectivity index is 1.54. The number of rotatable bonds is 6. The zero-order valence-electron chi connectivity index (χ0n) is 16.1. The van der Waals surface area contributed by atoms with E-state index < -0.39 is 0 Å². The summed E-state index contributed by atoms with van der Waals surface area (Å²) in [5.74, 6) is 2.04. The van der Waals surface area contributed by atoms with Gasteiger partial charge in [-0.25, -0.2) is 0 Å². The Labute approximate surface area is 173 Å². The first-order chi connectivity index (χ1) is 14.1. The molecule has 29 heavy (non-hydrogen) atoms. The van der Waals surface area contributed by atoms with E-state index in [9.17, 15) is 4.79 Å². The maximum absolute atomic E-state index is 12.6. The number of aromatic nitrogens is 2. The Bertz CT molecular complexity index is 1020. The summed E-state index contributed by atoms with van der Waals surface area (Å²) in [5.41, 5.74) is 1.46. The van der Waals surface area contributed by atoms with Crippen molar-refractivity contribution in [1.29, 1.82) is 0 Å². The molecule has 4 rings (SSSR count). The molecule has 0 unspecified atom stereocenters. The maximum Gasteiger partial charge on any atom is 0.232 e. The first-order valence-electron chi connectivity index (χ1n) is 9.29. The smallest absolute Gasteiger partial charge is 0.232 e. The quantitative estimate of drug-likeness (QED) is 0.599. The normalized spacial score (nSPS) is 16.3. The molecule has 1 atom stereocenters. The summed E-state index contributed by atoms with van der Waals surface area (Å²) in [6.07, 6.45) is 0.278. The predicted molar refractivity (Wildman–Crippen MR) is 109 cm³/mol. The Morgan fingerprint density at radius 2 is 2.03 bits per heavy atom. The van der Waals surface area contributed by atoms with E-state index >= 15 is 0 Å². The van der Waals surface area contributed by atoms with Crippen molar-refractivity contribution in [2.24, 2.45) is 0 Å². The lowest BCUT2D eigenvalue weighted by atomic mass is 10.1. The number of carbonyl (C=O) groups excluding carboxylic acids is 1. The molecule has 0 spiro atoms. The van der Waals surface area contributed by atoms with Crippen molar-refractivity contribution >= 4 is 23.2 Å². The molecule has 2 heterocycles. The number of nitrogens with zero attached hydrogens (tertiary/aromatic N) is 3. The van der Waals surface area contributed by atoms with Gasteiger partial charge in [0.25, 0.3) is 0 Å². The number of methoxy groups -OCH3 is 1. The second-order valence-corrected chi connectivity index (χ2v) is 7.07. The standard InChI is InChI=1S/C21H20ClN3O4/c1-3-28-16-7-4-13(5-8-16)20-23-21(29-24-20)14-10-19(26)25(12-14)17-11-15(22)6-9-18(17)27-2/h4-9,11,14H,3,10,12H2,1-2H3/t14-/m0/s1. The Hall–Kier alpha value is -3.06. The third-order valence-corrected chi connectivity index (χ3v) is 5.01. The minimum atomic E-state index is -0.199. The van der Waals surface area contributed by atoms with Gasteiger partial charge in [0, 0.05) is 23.6 Å². The lowest BCUT2D eigenvalue weighted by Gasteiger charge is -2.19. The molecule has 1 fully saturated rings. The highest BCUT2D eigenvalue weighted by molar-refractivity contribution is 6.31. The molecular weight excluding hydrogens is 394 g/mol. The highest BCUT2D eigenvalue weighted by Gasteiger charge is 2.36. The van der Waals surface area contributed by atoms with Crippen LogP contribution in [0.1, 0.15) is 25.2 Å². The van der Waals surface area contributed by atoms with Crippen molar-refractivity contribution in [3.63, 3.8) is 0 Å².